The number of nitrogens with zero attached hydrogens (tertiary/aromatic N) is 3. The second kappa shape index (κ2) is 8.45. The molecule has 1 unspecified atom stereocenters. The van der Waals surface area contributed by atoms with E-state index in [0.717, 1.165) is 17.7 Å². The van der Waals surface area contributed by atoms with E-state index in [1.165, 1.54) is 19.2 Å². The molecule has 8 heteroatoms. The highest BCUT2D eigenvalue weighted by atomic mass is 19.1. The highest BCUT2D eigenvalue weighted by Crippen LogP contribution is 2.30. The van der Waals surface area contributed by atoms with Gasteiger partial charge in [0.2, 0.25) is 5.91 Å². The highest BCUT2D eigenvalue weighted by Gasteiger charge is 2.33. The van der Waals surface area contributed by atoms with Crippen molar-refractivity contribution in [2.24, 2.45) is 0 Å². The summed E-state index contributed by atoms with van der Waals surface area (Å²) < 4.78 is 19.9. The fourth-order valence-electron chi connectivity index (χ4n) is 3.75. The number of halogens is 1. The molecule has 0 bridgehead atoms. The molecule has 1 N–H and O–H groups in total. The zero-order valence-corrected chi connectivity index (χ0v) is 16.7. The number of hydrogen-bond acceptors (Lipinski definition) is 5. The summed E-state index contributed by atoms with van der Waals surface area (Å²) in [6.07, 6.45) is 1.45. The van der Waals surface area contributed by atoms with Crippen LogP contribution < -0.4 is 5.32 Å². The molecule has 0 saturated carbocycles. The van der Waals surface area contributed by atoms with Crippen LogP contribution in [0.1, 0.15) is 29.7 Å². The van der Waals surface area contributed by atoms with Crippen LogP contribution in [-0.4, -0.2) is 47.6 Å². The maximum absolute atomic E-state index is 13.3. The molecule has 7 nitrogen and oxygen atoms in total. The second-order valence-corrected chi connectivity index (χ2v) is 7.06. The van der Waals surface area contributed by atoms with Crippen LogP contribution in [0.2, 0.25) is 0 Å². The molecule has 3 rings (SSSR count). The van der Waals surface area contributed by atoms with Crippen LogP contribution in [0.3, 0.4) is 0 Å². The number of esters is 1. The van der Waals surface area contributed by atoms with Crippen LogP contribution in [0.4, 0.5) is 10.2 Å². The van der Waals surface area contributed by atoms with Crippen molar-refractivity contribution in [2.45, 2.75) is 32.7 Å². The summed E-state index contributed by atoms with van der Waals surface area (Å²) in [4.78, 5) is 26.4. The number of nitrogens with one attached hydrogen (secondary N) is 1. The average Bonchev–Trinajstić information content (AvgIpc) is 3.25. The second-order valence-electron chi connectivity index (χ2n) is 7.06. The average molecular weight is 398 g/mol. The number of amides is 1. The molecule has 1 aliphatic heterocycles. The van der Waals surface area contributed by atoms with Crippen molar-refractivity contribution in [1.29, 1.82) is 5.26 Å². The first kappa shape index (κ1) is 20.6. The number of carbonyl (C=O) groups is 2. The van der Waals surface area contributed by atoms with E-state index in [0.29, 0.717) is 30.0 Å². The Balaban J connectivity index is 1.89. The van der Waals surface area contributed by atoms with Gasteiger partial charge < -0.3 is 10.1 Å². The van der Waals surface area contributed by atoms with Gasteiger partial charge in [-0.3, -0.25) is 19.1 Å². The zero-order chi connectivity index (χ0) is 21.1. The van der Waals surface area contributed by atoms with Gasteiger partial charge in [0.15, 0.2) is 0 Å². The molecule has 0 radical (unpaired) electrons. The number of nitriles is 1. The number of carbonyl (C=O) groups excluding carboxylic acids is 2. The minimum absolute atomic E-state index is 0.0112. The number of hydrogen-bond donors (Lipinski definition) is 1. The molecular formula is C21H23FN4O3. The summed E-state index contributed by atoms with van der Waals surface area (Å²) in [7, 11) is 1.33. The summed E-state index contributed by atoms with van der Waals surface area (Å²) in [5.41, 5.74) is 2.50. The van der Waals surface area contributed by atoms with Crippen molar-refractivity contribution in [1.82, 2.24) is 9.47 Å². The van der Waals surface area contributed by atoms with Crippen LogP contribution >= 0.6 is 0 Å². The van der Waals surface area contributed by atoms with Crippen molar-refractivity contribution in [3.05, 3.63) is 46.9 Å². The predicted octanol–water partition coefficient (Wildman–Crippen LogP) is 2.68. The maximum atomic E-state index is 13.3. The lowest BCUT2D eigenvalue weighted by molar-refractivity contribution is -0.146. The number of likely N-dealkylation sites (tertiary alicyclic amines) is 1. The maximum Gasteiger partial charge on any atom is 0.323 e. The molecule has 1 fully saturated rings. The van der Waals surface area contributed by atoms with E-state index in [1.807, 2.05) is 6.92 Å². The standard InChI is InChI=1S/C21H23FN4O3/c1-13-14(2)26(16-8-6-15(22)7-9-16)20(17(13)11-23)24-19(27)12-25-10-4-5-18(25)21(28)29-3/h6-9,18H,4-5,10,12H2,1-3H3,(H,24,27). The first-order valence-corrected chi connectivity index (χ1v) is 9.37. The van der Waals surface area contributed by atoms with Crippen LogP contribution in [0.5, 0.6) is 0 Å². The zero-order valence-electron chi connectivity index (χ0n) is 16.7. The van der Waals surface area contributed by atoms with Gasteiger partial charge in [-0.15, -0.1) is 0 Å². The lowest BCUT2D eigenvalue weighted by Crippen LogP contribution is -2.41. The van der Waals surface area contributed by atoms with Crippen molar-refractivity contribution in [3.63, 3.8) is 0 Å². The van der Waals surface area contributed by atoms with Gasteiger partial charge in [-0.25, -0.2) is 4.39 Å². The fourth-order valence-corrected chi connectivity index (χ4v) is 3.75. The summed E-state index contributed by atoms with van der Waals surface area (Å²) in [6, 6.07) is 7.54. The van der Waals surface area contributed by atoms with Crippen LogP contribution in [0.25, 0.3) is 5.69 Å². The molecule has 1 atom stereocenters. The Morgan fingerprint density at radius 3 is 2.62 bits per heavy atom. The summed E-state index contributed by atoms with van der Waals surface area (Å²) in [6.45, 7) is 4.27. The van der Waals surface area contributed by atoms with Gasteiger partial charge >= 0.3 is 5.97 Å². The van der Waals surface area contributed by atoms with Gasteiger partial charge in [0.05, 0.1) is 19.2 Å². The predicted molar refractivity (Wildman–Crippen MR) is 105 cm³/mol. The third-order valence-electron chi connectivity index (χ3n) is 5.35. The van der Waals surface area contributed by atoms with Gasteiger partial charge in [0, 0.05) is 11.4 Å². The minimum Gasteiger partial charge on any atom is -0.468 e. The normalized spacial score (nSPS) is 16.4. The summed E-state index contributed by atoms with van der Waals surface area (Å²) in [5, 5.41) is 12.4. The Labute approximate surface area is 168 Å². The lowest BCUT2D eigenvalue weighted by Gasteiger charge is -2.22. The van der Waals surface area contributed by atoms with Crippen LogP contribution in [-0.2, 0) is 14.3 Å². The molecule has 29 heavy (non-hydrogen) atoms. The molecule has 0 spiro atoms. The quantitative estimate of drug-likeness (QED) is 0.783. The van der Waals surface area contributed by atoms with Gasteiger partial charge in [0.25, 0.3) is 0 Å². The van der Waals surface area contributed by atoms with Crippen LogP contribution in [0.15, 0.2) is 24.3 Å². The van der Waals surface area contributed by atoms with Gasteiger partial charge in [-0.05, 0) is 63.1 Å². The highest BCUT2D eigenvalue weighted by molar-refractivity contribution is 5.94. The van der Waals surface area contributed by atoms with Crippen molar-refractivity contribution >= 4 is 17.7 Å². The largest absolute Gasteiger partial charge is 0.468 e. The molecule has 1 aliphatic rings. The molecule has 152 valence electrons. The van der Waals surface area contributed by atoms with E-state index in [2.05, 4.69) is 11.4 Å². The number of anilines is 1. The van der Waals surface area contributed by atoms with Crippen molar-refractivity contribution < 1.29 is 18.7 Å². The Hall–Kier alpha value is -3.18. The van der Waals surface area contributed by atoms with E-state index in [9.17, 15) is 19.2 Å². The number of ether oxygens (including phenoxy) is 1. The van der Waals surface area contributed by atoms with Crippen molar-refractivity contribution in [3.8, 4) is 11.8 Å². The first-order chi connectivity index (χ1) is 13.9. The van der Waals surface area contributed by atoms with Crippen LogP contribution in [0, 0.1) is 31.0 Å². The van der Waals surface area contributed by atoms with E-state index < -0.39 is 6.04 Å². The molecule has 1 saturated heterocycles. The molecule has 1 aromatic heterocycles. The Morgan fingerprint density at radius 2 is 2.00 bits per heavy atom. The number of aromatic nitrogens is 1. The van der Waals surface area contributed by atoms with Gasteiger partial charge in [-0.2, -0.15) is 5.26 Å². The topological polar surface area (TPSA) is 87.4 Å². The van der Waals surface area contributed by atoms with E-state index in [4.69, 9.17) is 4.74 Å². The molecule has 2 heterocycles. The molecule has 2 aromatic rings. The smallest absolute Gasteiger partial charge is 0.323 e. The number of rotatable bonds is 5. The molecular weight excluding hydrogens is 375 g/mol. The molecule has 1 aromatic carbocycles. The van der Waals surface area contributed by atoms with E-state index >= 15 is 0 Å². The first-order valence-electron chi connectivity index (χ1n) is 9.37. The van der Waals surface area contributed by atoms with E-state index in [-0.39, 0.29) is 24.2 Å². The van der Waals surface area contributed by atoms with E-state index in [1.54, 1.807) is 28.5 Å². The Bertz CT molecular complexity index is 975. The Kier molecular flexibility index (Phi) is 5.99. The lowest BCUT2D eigenvalue weighted by atomic mass is 10.2. The van der Waals surface area contributed by atoms with Crippen molar-refractivity contribution in [2.75, 3.05) is 25.5 Å². The molecule has 0 aliphatic carbocycles. The summed E-state index contributed by atoms with van der Waals surface area (Å²) >= 11 is 0. The summed E-state index contributed by atoms with van der Waals surface area (Å²) in [5.74, 6) is -0.718. The monoisotopic (exact) mass is 398 g/mol. The number of benzene rings is 1. The fraction of sp³-hybridized carbons (Fsp3) is 0.381. The number of methoxy groups -OCH3 is 1. The van der Waals surface area contributed by atoms with Gasteiger partial charge in [-0.1, -0.05) is 0 Å². The third-order valence-corrected chi connectivity index (χ3v) is 5.35. The molecule has 1 amide bonds. The van der Waals surface area contributed by atoms with Gasteiger partial charge in [0.1, 0.15) is 23.7 Å². The Morgan fingerprint density at radius 1 is 1.31 bits per heavy atom. The SMILES string of the molecule is COC(=O)C1CCCN1CC(=O)Nc1c(C#N)c(C)c(C)n1-c1ccc(F)cc1. The third kappa shape index (κ3) is 4.00. The minimum atomic E-state index is -0.437.